The second-order valence-corrected chi connectivity index (χ2v) is 8.04. The Labute approximate surface area is 183 Å². The van der Waals surface area contributed by atoms with Crippen LogP contribution in [0.4, 0.5) is 0 Å². The van der Waals surface area contributed by atoms with Crippen molar-refractivity contribution in [1.82, 2.24) is 9.55 Å². The molecular formula is C25H16Cl2N2O. The maximum absolute atomic E-state index is 13.0. The molecule has 5 heteroatoms. The van der Waals surface area contributed by atoms with E-state index in [-0.39, 0.29) is 5.43 Å². The molecule has 2 aliphatic rings. The first kappa shape index (κ1) is 18.9. The van der Waals surface area contributed by atoms with Crippen LogP contribution in [0.15, 0.2) is 89.7 Å². The van der Waals surface area contributed by atoms with Crippen molar-refractivity contribution < 1.29 is 0 Å². The molecule has 0 radical (unpaired) electrons. The van der Waals surface area contributed by atoms with Gasteiger partial charge in [0.2, 0.25) is 0 Å². The summed E-state index contributed by atoms with van der Waals surface area (Å²) in [6.45, 7) is 0. The second-order valence-electron chi connectivity index (χ2n) is 7.16. The first-order valence-corrected chi connectivity index (χ1v) is 10.3. The molecule has 0 saturated carbocycles. The van der Waals surface area contributed by atoms with Gasteiger partial charge in [-0.2, -0.15) is 0 Å². The van der Waals surface area contributed by atoms with E-state index in [1.54, 1.807) is 6.07 Å². The molecule has 0 unspecified atom stereocenters. The third-order valence-corrected chi connectivity index (χ3v) is 5.66. The van der Waals surface area contributed by atoms with Gasteiger partial charge in [0.05, 0.1) is 22.4 Å². The van der Waals surface area contributed by atoms with Gasteiger partial charge < -0.3 is 4.57 Å². The number of halogens is 2. The van der Waals surface area contributed by atoms with Crippen LogP contribution < -0.4 is 5.43 Å². The van der Waals surface area contributed by atoms with Crippen LogP contribution >= 0.6 is 23.2 Å². The smallest absolute Gasteiger partial charge is 0.184 e. The van der Waals surface area contributed by atoms with Crippen LogP contribution in [0.2, 0.25) is 10.0 Å². The van der Waals surface area contributed by atoms with Gasteiger partial charge in [-0.05, 0) is 60.2 Å². The molecule has 0 amide bonds. The van der Waals surface area contributed by atoms with Crippen molar-refractivity contribution in [3.63, 3.8) is 0 Å². The van der Waals surface area contributed by atoms with Gasteiger partial charge in [0.25, 0.3) is 0 Å². The zero-order valence-corrected chi connectivity index (χ0v) is 17.4. The molecule has 0 fully saturated rings. The second kappa shape index (κ2) is 7.60. The largest absolute Gasteiger partial charge is 0.306 e. The summed E-state index contributed by atoms with van der Waals surface area (Å²) in [6.07, 6.45) is 0.529. The molecule has 0 atom stereocenters. The van der Waals surface area contributed by atoms with E-state index in [2.05, 4.69) is 4.57 Å². The molecule has 146 valence electrons. The Balaban J connectivity index is 1.74. The molecule has 3 nitrogen and oxygen atoms in total. The fourth-order valence-electron chi connectivity index (χ4n) is 3.71. The predicted molar refractivity (Wildman–Crippen MR) is 123 cm³/mol. The fourth-order valence-corrected chi connectivity index (χ4v) is 3.96. The highest BCUT2D eigenvalue weighted by molar-refractivity contribution is 6.30. The van der Waals surface area contributed by atoms with Gasteiger partial charge in [0.15, 0.2) is 5.43 Å². The molecule has 3 aromatic rings. The number of para-hydroxylation sites is 2. The number of rotatable bonds is 3. The van der Waals surface area contributed by atoms with Crippen molar-refractivity contribution in [3.05, 3.63) is 116 Å². The minimum atomic E-state index is -0.0164. The van der Waals surface area contributed by atoms with E-state index in [4.69, 9.17) is 28.2 Å². The summed E-state index contributed by atoms with van der Waals surface area (Å²) < 4.78 is 2.06. The highest BCUT2D eigenvalue weighted by Gasteiger charge is 2.17. The SMILES string of the molecule is O=c1cc2n(-c3ccc(Cl)cc3)c3ccccc3nc-2cc1Cc1ccc(Cl)cc1. The summed E-state index contributed by atoms with van der Waals surface area (Å²) in [7, 11) is 0. The number of hydrogen-bond donors (Lipinski definition) is 0. The van der Waals surface area contributed by atoms with Gasteiger partial charge in [-0.1, -0.05) is 47.5 Å². The van der Waals surface area contributed by atoms with Crippen molar-refractivity contribution in [2.24, 2.45) is 0 Å². The number of fused-ring (bicyclic) bond motifs is 2. The number of nitrogens with zero attached hydrogens (tertiary/aromatic N) is 2. The Morgan fingerprint density at radius 2 is 1.47 bits per heavy atom. The Bertz CT molecular complexity index is 1390. The van der Waals surface area contributed by atoms with Crippen molar-refractivity contribution in [2.45, 2.75) is 6.42 Å². The van der Waals surface area contributed by atoms with Gasteiger partial charge >= 0.3 is 0 Å². The van der Waals surface area contributed by atoms with E-state index in [9.17, 15) is 4.79 Å². The lowest BCUT2D eigenvalue weighted by Gasteiger charge is -2.19. The summed E-state index contributed by atoms with van der Waals surface area (Å²) in [4.78, 5) is 17.8. The van der Waals surface area contributed by atoms with Crippen LogP contribution in [-0.2, 0) is 6.42 Å². The lowest BCUT2D eigenvalue weighted by molar-refractivity contribution is 1.06. The van der Waals surface area contributed by atoms with E-state index < -0.39 is 0 Å². The molecular weight excluding hydrogens is 415 g/mol. The number of aromatic nitrogens is 2. The maximum Gasteiger partial charge on any atom is 0.184 e. The van der Waals surface area contributed by atoms with Crippen LogP contribution in [0.3, 0.4) is 0 Å². The van der Waals surface area contributed by atoms with E-state index in [0.29, 0.717) is 22.0 Å². The zero-order valence-electron chi connectivity index (χ0n) is 15.8. The van der Waals surface area contributed by atoms with E-state index in [1.807, 2.05) is 78.9 Å². The molecule has 0 aromatic heterocycles. The first-order chi connectivity index (χ1) is 14.6. The molecule has 1 aliphatic heterocycles. The standard InChI is InChI=1S/C25H16Cl2N2O/c26-18-7-5-16(6-8-18)13-17-14-22-24(15-25(17)30)29(20-11-9-19(27)10-12-20)23-4-2-1-3-21(23)28-22/h1-12,14-15H,13H2. The van der Waals surface area contributed by atoms with E-state index in [1.165, 1.54) is 0 Å². The minimum Gasteiger partial charge on any atom is -0.306 e. The van der Waals surface area contributed by atoms with Crippen molar-refractivity contribution in [3.8, 4) is 17.1 Å². The Kier molecular flexibility index (Phi) is 4.78. The highest BCUT2D eigenvalue weighted by Crippen LogP contribution is 2.29. The molecule has 1 aliphatic carbocycles. The normalized spacial score (nSPS) is 11.3. The monoisotopic (exact) mass is 430 g/mol. The van der Waals surface area contributed by atoms with Crippen molar-refractivity contribution in [2.75, 3.05) is 0 Å². The molecule has 0 spiro atoms. The summed E-state index contributed by atoms with van der Waals surface area (Å²) in [5.74, 6) is 0. The molecule has 0 saturated heterocycles. The van der Waals surface area contributed by atoms with Gasteiger partial charge in [0.1, 0.15) is 0 Å². The maximum atomic E-state index is 13.0. The third-order valence-electron chi connectivity index (χ3n) is 5.15. The summed E-state index contributed by atoms with van der Waals surface area (Å²) in [6, 6.07) is 26.6. The summed E-state index contributed by atoms with van der Waals surface area (Å²) >= 11 is 12.1. The highest BCUT2D eigenvalue weighted by atomic mass is 35.5. The van der Waals surface area contributed by atoms with Gasteiger partial charge in [0, 0.05) is 33.8 Å². The van der Waals surface area contributed by atoms with Crippen LogP contribution in [0, 0.1) is 0 Å². The number of hydrogen-bond acceptors (Lipinski definition) is 2. The van der Waals surface area contributed by atoms with Crippen molar-refractivity contribution in [1.29, 1.82) is 0 Å². The molecule has 30 heavy (non-hydrogen) atoms. The van der Waals surface area contributed by atoms with Crippen LogP contribution in [-0.4, -0.2) is 9.55 Å². The summed E-state index contributed by atoms with van der Waals surface area (Å²) in [5, 5.41) is 1.34. The van der Waals surface area contributed by atoms with Gasteiger partial charge in [-0.25, -0.2) is 4.98 Å². The van der Waals surface area contributed by atoms with E-state index >= 15 is 0 Å². The predicted octanol–water partition coefficient (Wildman–Crippen LogP) is 6.39. The Hall–Kier alpha value is -3.14. The average molecular weight is 431 g/mol. The van der Waals surface area contributed by atoms with Crippen LogP contribution in [0.25, 0.3) is 28.1 Å². The molecule has 5 rings (SSSR count). The Morgan fingerprint density at radius 1 is 0.800 bits per heavy atom. The van der Waals surface area contributed by atoms with Gasteiger partial charge in [-0.15, -0.1) is 0 Å². The lowest BCUT2D eigenvalue weighted by atomic mass is 10.0. The third kappa shape index (κ3) is 3.47. The molecule has 0 N–H and O–H groups in total. The molecule has 1 heterocycles. The molecule has 0 bridgehead atoms. The summed E-state index contributed by atoms with van der Waals surface area (Å²) in [5.41, 5.74) is 5.96. The van der Waals surface area contributed by atoms with Crippen molar-refractivity contribution >= 4 is 34.2 Å². The molecule has 3 aromatic carbocycles. The zero-order chi connectivity index (χ0) is 20.7. The average Bonchev–Trinajstić information content (AvgIpc) is 2.75. The topological polar surface area (TPSA) is 34.9 Å². The minimum absolute atomic E-state index is 0.0164. The lowest BCUT2D eigenvalue weighted by Crippen LogP contribution is -2.14. The number of benzene rings is 4. The fraction of sp³-hybridized carbons (Fsp3) is 0.0400. The van der Waals surface area contributed by atoms with Crippen LogP contribution in [0.1, 0.15) is 11.1 Å². The van der Waals surface area contributed by atoms with Crippen LogP contribution in [0.5, 0.6) is 0 Å². The first-order valence-electron chi connectivity index (χ1n) is 9.53. The van der Waals surface area contributed by atoms with Gasteiger partial charge in [-0.3, -0.25) is 4.79 Å². The van der Waals surface area contributed by atoms with E-state index in [0.717, 1.165) is 33.7 Å². The Morgan fingerprint density at radius 3 is 2.20 bits per heavy atom. The quantitative estimate of drug-likeness (QED) is 0.311.